The van der Waals surface area contributed by atoms with Crippen molar-refractivity contribution in [3.8, 4) is 11.3 Å². The van der Waals surface area contributed by atoms with Gasteiger partial charge in [0.05, 0.1) is 12.3 Å². The standard InChI is InChI=1S/C18H18N4O2/c1-24-11-12-4-2-5-14(10-12)15-6-3-7-16-19-18(21-22(15)16)20-17(23)13-8-9-13/h2-7,10,13H,8-9,11H2,1H3,(H,20,21,23). The molecular weight excluding hydrogens is 304 g/mol. The first-order valence-corrected chi connectivity index (χ1v) is 7.99. The van der Waals surface area contributed by atoms with Crippen LogP contribution in [0.2, 0.25) is 0 Å². The summed E-state index contributed by atoms with van der Waals surface area (Å²) in [6, 6.07) is 13.9. The number of anilines is 1. The van der Waals surface area contributed by atoms with E-state index in [0.29, 0.717) is 18.2 Å². The van der Waals surface area contributed by atoms with Crippen molar-refractivity contribution in [3.63, 3.8) is 0 Å². The summed E-state index contributed by atoms with van der Waals surface area (Å²) in [6.07, 6.45) is 1.91. The van der Waals surface area contributed by atoms with Crippen LogP contribution in [0.15, 0.2) is 42.5 Å². The number of fused-ring (bicyclic) bond motifs is 1. The number of benzene rings is 1. The Morgan fingerprint density at radius 2 is 2.12 bits per heavy atom. The first-order valence-electron chi connectivity index (χ1n) is 7.99. The largest absolute Gasteiger partial charge is 0.380 e. The molecule has 3 aromatic rings. The Hall–Kier alpha value is -2.73. The fourth-order valence-electron chi connectivity index (χ4n) is 2.72. The predicted molar refractivity (Wildman–Crippen MR) is 90.5 cm³/mol. The van der Waals surface area contributed by atoms with Gasteiger partial charge >= 0.3 is 0 Å². The molecule has 0 radical (unpaired) electrons. The summed E-state index contributed by atoms with van der Waals surface area (Å²) < 4.78 is 6.96. The molecule has 0 spiro atoms. The molecule has 0 saturated heterocycles. The van der Waals surface area contributed by atoms with Crippen molar-refractivity contribution in [2.45, 2.75) is 19.4 Å². The van der Waals surface area contributed by atoms with E-state index in [9.17, 15) is 4.79 Å². The zero-order chi connectivity index (χ0) is 16.5. The molecule has 1 aliphatic rings. The molecule has 1 N–H and O–H groups in total. The van der Waals surface area contributed by atoms with E-state index < -0.39 is 0 Å². The number of nitrogens with zero attached hydrogens (tertiary/aromatic N) is 3. The molecule has 24 heavy (non-hydrogen) atoms. The van der Waals surface area contributed by atoms with Crippen LogP contribution in [0.5, 0.6) is 0 Å². The highest BCUT2D eigenvalue weighted by Gasteiger charge is 2.30. The molecule has 0 unspecified atom stereocenters. The minimum absolute atomic E-state index is 0.00884. The van der Waals surface area contributed by atoms with Gasteiger partial charge in [-0.25, -0.2) is 4.52 Å². The van der Waals surface area contributed by atoms with Gasteiger partial charge in [-0.15, -0.1) is 5.10 Å². The molecule has 1 aliphatic carbocycles. The molecule has 6 heteroatoms. The quantitative estimate of drug-likeness (QED) is 0.784. The van der Waals surface area contributed by atoms with Gasteiger partial charge in [0.2, 0.25) is 11.9 Å². The zero-order valence-corrected chi connectivity index (χ0v) is 13.4. The highest BCUT2D eigenvalue weighted by atomic mass is 16.5. The Labute approximate surface area is 139 Å². The Kier molecular flexibility index (Phi) is 3.74. The van der Waals surface area contributed by atoms with Crippen LogP contribution in [0.4, 0.5) is 5.95 Å². The predicted octanol–water partition coefficient (Wildman–Crippen LogP) is 2.89. The van der Waals surface area contributed by atoms with E-state index in [2.05, 4.69) is 21.5 Å². The Morgan fingerprint density at radius 3 is 2.92 bits per heavy atom. The van der Waals surface area contributed by atoms with Crippen LogP contribution < -0.4 is 5.32 Å². The molecule has 1 amide bonds. The third kappa shape index (κ3) is 2.88. The van der Waals surface area contributed by atoms with Crippen LogP contribution in [0.1, 0.15) is 18.4 Å². The number of rotatable bonds is 5. The van der Waals surface area contributed by atoms with Crippen LogP contribution in [-0.2, 0) is 16.1 Å². The van der Waals surface area contributed by atoms with Crippen LogP contribution in [0, 0.1) is 5.92 Å². The molecule has 1 fully saturated rings. The summed E-state index contributed by atoms with van der Waals surface area (Å²) in [4.78, 5) is 16.3. The van der Waals surface area contributed by atoms with Crippen molar-refractivity contribution in [1.29, 1.82) is 0 Å². The van der Waals surface area contributed by atoms with Gasteiger partial charge in [-0.2, -0.15) is 4.98 Å². The number of pyridine rings is 1. The monoisotopic (exact) mass is 322 g/mol. The highest BCUT2D eigenvalue weighted by molar-refractivity contribution is 5.92. The van der Waals surface area contributed by atoms with E-state index in [1.807, 2.05) is 36.4 Å². The summed E-state index contributed by atoms with van der Waals surface area (Å²) in [7, 11) is 1.68. The van der Waals surface area contributed by atoms with Crippen LogP contribution in [0.3, 0.4) is 0 Å². The van der Waals surface area contributed by atoms with Crippen molar-refractivity contribution >= 4 is 17.5 Å². The molecule has 4 rings (SSSR count). The molecule has 1 saturated carbocycles. The van der Waals surface area contributed by atoms with Crippen LogP contribution in [-0.4, -0.2) is 27.6 Å². The molecule has 0 bridgehead atoms. The topological polar surface area (TPSA) is 68.5 Å². The van der Waals surface area contributed by atoms with E-state index in [4.69, 9.17) is 4.74 Å². The minimum atomic E-state index is 0.00884. The maximum absolute atomic E-state index is 11.9. The molecule has 1 aromatic carbocycles. The molecule has 0 aliphatic heterocycles. The number of amides is 1. The maximum Gasteiger partial charge on any atom is 0.249 e. The number of hydrogen-bond acceptors (Lipinski definition) is 4. The minimum Gasteiger partial charge on any atom is -0.380 e. The van der Waals surface area contributed by atoms with E-state index >= 15 is 0 Å². The SMILES string of the molecule is COCc1cccc(-c2cccc3nc(NC(=O)C4CC4)nn23)c1. The van der Waals surface area contributed by atoms with Crippen molar-refractivity contribution in [2.24, 2.45) is 5.92 Å². The molecule has 122 valence electrons. The summed E-state index contributed by atoms with van der Waals surface area (Å²) in [6.45, 7) is 0.559. The van der Waals surface area contributed by atoms with E-state index in [1.54, 1.807) is 11.6 Å². The second kappa shape index (κ2) is 6.05. The first-order chi connectivity index (χ1) is 11.7. The second-order valence-electron chi connectivity index (χ2n) is 6.01. The number of hydrogen-bond donors (Lipinski definition) is 1. The van der Waals surface area contributed by atoms with Gasteiger partial charge in [-0.3, -0.25) is 10.1 Å². The third-order valence-electron chi connectivity index (χ3n) is 4.08. The Balaban J connectivity index is 1.71. The van der Waals surface area contributed by atoms with E-state index in [1.165, 1.54) is 0 Å². The van der Waals surface area contributed by atoms with Crippen molar-refractivity contribution in [1.82, 2.24) is 14.6 Å². The highest BCUT2D eigenvalue weighted by Crippen LogP contribution is 2.30. The lowest BCUT2D eigenvalue weighted by Gasteiger charge is -2.06. The number of aromatic nitrogens is 3. The molecular formula is C18H18N4O2. The zero-order valence-electron chi connectivity index (χ0n) is 13.4. The van der Waals surface area contributed by atoms with Gasteiger partial charge < -0.3 is 4.74 Å². The van der Waals surface area contributed by atoms with Gasteiger partial charge in [0.1, 0.15) is 0 Å². The third-order valence-corrected chi connectivity index (χ3v) is 4.08. The maximum atomic E-state index is 11.9. The molecule has 6 nitrogen and oxygen atoms in total. The summed E-state index contributed by atoms with van der Waals surface area (Å²) in [5.74, 6) is 0.490. The number of carbonyl (C=O) groups is 1. The fraction of sp³-hybridized carbons (Fsp3) is 0.278. The van der Waals surface area contributed by atoms with Crippen molar-refractivity contribution in [3.05, 3.63) is 48.0 Å². The summed E-state index contributed by atoms with van der Waals surface area (Å²) in [5.41, 5.74) is 3.75. The van der Waals surface area contributed by atoms with E-state index in [0.717, 1.165) is 29.7 Å². The van der Waals surface area contributed by atoms with Crippen LogP contribution >= 0.6 is 0 Å². The average Bonchev–Trinajstić information content (AvgIpc) is 3.35. The van der Waals surface area contributed by atoms with Gasteiger partial charge in [0, 0.05) is 18.6 Å². The molecule has 2 aromatic heterocycles. The number of ether oxygens (including phenoxy) is 1. The average molecular weight is 322 g/mol. The second-order valence-corrected chi connectivity index (χ2v) is 6.01. The number of methoxy groups -OCH3 is 1. The van der Waals surface area contributed by atoms with Crippen molar-refractivity contribution in [2.75, 3.05) is 12.4 Å². The van der Waals surface area contributed by atoms with Crippen LogP contribution in [0.25, 0.3) is 16.9 Å². The molecule has 0 atom stereocenters. The lowest BCUT2D eigenvalue weighted by molar-refractivity contribution is -0.117. The fourth-order valence-corrected chi connectivity index (χ4v) is 2.72. The smallest absolute Gasteiger partial charge is 0.249 e. The number of nitrogens with one attached hydrogen (secondary N) is 1. The van der Waals surface area contributed by atoms with Crippen molar-refractivity contribution < 1.29 is 9.53 Å². The molecule has 2 heterocycles. The Morgan fingerprint density at radius 1 is 1.29 bits per heavy atom. The first kappa shape index (κ1) is 14.8. The normalized spacial score (nSPS) is 14.0. The summed E-state index contributed by atoms with van der Waals surface area (Å²) >= 11 is 0. The lowest BCUT2D eigenvalue weighted by Crippen LogP contribution is -2.14. The van der Waals surface area contributed by atoms with Gasteiger partial charge in [0.25, 0.3) is 0 Å². The Bertz CT molecular complexity index is 899. The van der Waals surface area contributed by atoms with Gasteiger partial charge in [-0.05, 0) is 36.6 Å². The van der Waals surface area contributed by atoms with E-state index in [-0.39, 0.29) is 11.8 Å². The number of carbonyl (C=O) groups excluding carboxylic acids is 1. The summed E-state index contributed by atoms with van der Waals surface area (Å²) in [5, 5.41) is 7.26. The van der Waals surface area contributed by atoms with Gasteiger partial charge in [0.15, 0.2) is 5.65 Å². The lowest BCUT2D eigenvalue weighted by atomic mass is 10.1. The van der Waals surface area contributed by atoms with Gasteiger partial charge in [-0.1, -0.05) is 24.3 Å².